The molecule has 1 amide bonds. The minimum absolute atomic E-state index is 0.442. The van der Waals surface area contributed by atoms with Gasteiger partial charge in [0.1, 0.15) is 5.75 Å². The fraction of sp³-hybridized carbons (Fsp3) is 0.217. The Hall–Kier alpha value is -3.54. The van der Waals surface area contributed by atoms with Gasteiger partial charge in [-0.05, 0) is 42.5 Å². The molecule has 0 unspecified atom stereocenters. The molecule has 0 atom stereocenters. The summed E-state index contributed by atoms with van der Waals surface area (Å²) >= 11 is 0. The van der Waals surface area contributed by atoms with Gasteiger partial charge < -0.3 is 20.0 Å². The molecule has 2 heterocycles. The first kappa shape index (κ1) is 18.8. The van der Waals surface area contributed by atoms with Crippen LogP contribution in [0.3, 0.4) is 0 Å². The minimum atomic E-state index is -1.06. The van der Waals surface area contributed by atoms with Gasteiger partial charge in [-0.2, -0.15) is 0 Å². The summed E-state index contributed by atoms with van der Waals surface area (Å²) in [6.07, 6.45) is 6.06. The predicted octanol–water partition coefficient (Wildman–Crippen LogP) is 3.12. The van der Waals surface area contributed by atoms with Crippen molar-refractivity contribution in [1.29, 1.82) is 0 Å². The number of carbonyl (C=O) groups is 2. The van der Waals surface area contributed by atoms with E-state index in [0.717, 1.165) is 40.8 Å². The van der Waals surface area contributed by atoms with Gasteiger partial charge in [-0.1, -0.05) is 36.4 Å². The average Bonchev–Trinajstić information content (AvgIpc) is 3.00. The van der Waals surface area contributed by atoms with Crippen LogP contribution in [0.15, 0.2) is 48.7 Å². The van der Waals surface area contributed by atoms with Crippen LogP contribution in [0.5, 0.6) is 5.75 Å². The van der Waals surface area contributed by atoms with Crippen molar-refractivity contribution in [1.82, 2.24) is 4.40 Å². The molecular weight excluding hydrogens is 368 g/mol. The molecule has 1 aliphatic rings. The standard InChI is InChI=1S/C23H22N2O4/c1-14-10-19(29-13-20(26)27)22-21-16(8-5-9-17(21)23(24)28)18(25(22)12-14)11-15-6-3-2-4-7-15/h2-4,6-7,9-10,12H,5,8,11,13H2,1H3,(H2,24,28)(H,26,27). The van der Waals surface area contributed by atoms with E-state index in [1.165, 1.54) is 0 Å². The number of allylic oxidation sites excluding steroid dienone is 1. The Morgan fingerprint density at radius 3 is 2.69 bits per heavy atom. The number of benzene rings is 1. The van der Waals surface area contributed by atoms with Crippen LogP contribution in [-0.2, 0) is 22.4 Å². The number of amides is 1. The SMILES string of the molecule is Cc1cc(OCC(=O)O)c2c3c(c(Cc4ccccc4)n2c1)CCC=C3C(N)=O. The molecule has 0 aliphatic heterocycles. The Balaban J connectivity index is 1.99. The third kappa shape index (κ3) is 3.49. The number of carboxylic acids is 1. The molecule has 0 radical (unpaired) electrons. The number of nitrogens with two attached hydrogens (primary N) is 1. The minimum Gasteiger partial charge on any atom is -0.480 e. The normalized spacial score (nSPS) is 13.1. The summed E-state index contributed by atoms with van der Waals surface area (Å²) in [6.45, 7) is 1.48. The van der Waals surface area contributed by atoms with E-state index < -0.39 is 18.5 Å². The van der Waals surface area contributed by atoms with E-state index in [2.05, 4.69) is 12.1 Å². The number of aliphatic carboxylic acids is 1. The zero-order chi connectivity index (χ0) is 20.5. The highest BCUT2D eigenvalue weighted by Gasteiger charge is 2.28. The number of primary amides is 1. The highest BCUT2D eigenvalue weighted by molar-refractivity contribution is 6.22. The number of aryl methyl sites for hydroxylation is 1. The van der Waals surface area contributed by atoms with Gasteiger partial charge >= 0.3 is 5.97 Å². The molecule has 0 fully saturated rings. The van der Waals surface area contributed by atoms with Crippen LogP contribution in [-0.4, -0.2) is 28.0 Å². The van der Waals surface area contributed by atoms with Gasteiger partial charge in [0.2, 0.25) is 5.91 Å². The lowest BCUT2D eigenvalue weighted by Crippen LogP contribution is -2.16. The Kier molecular flexibility index (Phi) is 4.84. The Morgan fingerprint density at radius 2 is 2.00 bits per heavy atom. The smallest absolute Gasteiger partial charge is 0.341 e. The van der Waals surface area contributed by atoms with Gasteiger partial charge in [-0.3, -0.25) is 4.79 Å². The number of aromatic nitrogens is 1. The zero-order valence-corrected chi connectivity index (χ0v) is 16.1. The predicted molar refractivity (Wildman–Crippen MR) is 110 cm³/mol. The van der Waals surface area contributed by atoms with E-state index in [4.69, 9.17) is 15.6 Å². The van der Waals surface area contributed by atoms with Crippen LogP contribution in [0.25, 0.3) is 11.1 Å². The molecule has 3 aromatic rings. The number of fused-ring (bicyclic) bond motifs is 3. The van der Waals surface area contributed by atoms with E-state index in [1.54, 1.807) is 6.07 Å². The van der Waals surface area contributed by atoms with Crippen molar-refractivity contribution < 1.29 is 19.4 Å². The topological polar surface area (TPSA) is 94.0 Å². The summed E-state index contributed by atoms with van der Waals surface area (Å²) in [6, 6.07) is 11.9. The summed E-state index contributed by atoms with van der Waals surface area (Å²) in [5.41, 5.74) is 11.8. The lowest BCUT2D eigenvalue weighted by molar-refractivity contribution is -0.139. The van der Waals surface area contributed by atoms with Gasteiger partial charge in [0.05, 0.1) is 5.52 Å². The molecule has 6 heteroatoms. The van der Waals surface area contributed by atoms with Crippen molar-refractivity contribution in [2.24, 2.45) is 5.73 Å². The lowest BCUT2D eigenvalue weighted by atomic mass is 9.90. The van der Waals surface area contributed by atoms with Gasteiger partial charge in [-0.25, -0.2) is 4.79 Å². The Labute approximate surface area is 168 Å². The van der Waals surface area contributed by atoms with Gasteiger partial charge in [0.15, 0.2) is 6.61 Å². The summed E-state index contributed by atoms with van der Waals surface area (Å²) in [7, 11) is 0. The number of carbonyl (C=O) groups excluding carboxylic acids is 1. The van der Waals surface area contributed by atoms with E-state index in [1.807, 2.05) is 41.8 Å². The van der Waals surface area contributed by atoms with E-state index in [0.29, 0.717) is 23.3 Å². The van der Waals surface area contributed by atoms with Crippen LogP contribution in [0.4, 0.5) is 0 Å². The maximum atomic E-state index is 12.2. The van der Waals surface area contributed by atoms with Crippen molar-refractivity contribution in [3.63, 3.8) is 0 Å². The first-order valence-electron chi connectivity index (χ1n) is 9.51. The number of hydrogen-bond acceptors (Lipinski definition) is 3. The van der Waals surface area contributed by atoms with Crippen LogP contribution in [0.1, 0.15) is 34.4 Å². The number of pyridine rings is 1. The van der Waals surface area contributed by atoms with Crippen molar-refractivity contribution in [2.75, 3.05) is 6.61 Å². The molecule has 0 spiro atoms. The molecule has 3 N–H and O–H groups in total. The maximum Gasteiger partial charge on any atom is 0.341 e. The Morgan fingerprint density at radius 1 is 1.24 bits per heavy atom. The largest absolute Gasteiger partial charge is 0.480 e. The summed E-state index contributed by atoms with van der Waals surface area (Å²) in [5.74, 6) is -1.10. The lowest BCUT2D eigenvalue weighted by Gasteiger charge is -2.14. The fourth-order valence-electron chi connectivity index (χ4n) is 4.07. The third-order valence-corrected chi connectivity index (χ3v) is 5.19. The molecule has 0 bridgehead atoms. The molecular formula is C23H22N2O4. The molecule has 2 aromatic heterocycles. The quantitative estimate of drug-likeness (QED) is 0.676. The van der Waals surface area contributed by atoms with Crippen LogP contribution < -0.4 is 10.5 Å². The summed E-state index contributed by atoms with van der Waals surface area (Å²) in [5, 5.41) is 9.08. The van der Waals surface area contributed by atoms with Crippen molar-refractivity contribution in [3.8, 4) is 5.75 Å². The summed E-state index contributed by atoms with van der Waals surface area (Å²) < 4.78 is 7.65. The van der Waals surface area contributed by atoms with Crippen molar-refractivity contribution in [3.05, 3.63) is 76.6 Å². The fourth-order valence-corrected chi connectivity index (χ4v) is 4.07. The van der Waals surface area contributed by atoms with Gasteiger partial charge in [0.25, 0.3) is 0 Å². The molecule has 6 nitrogen and oxygen atoms in total. The Bertz CT molecular complexity index is 1140. The summed E-state index contributed by atoms with van der Waals surface area (Å²) in [4.78, 5) is 23.3. The second-order valence-corrected chi connectivity index (χ2v) is 7.27. The third-order valence-electron chi connectivity index (χ3n) is 5.19. The molecule has 148 valence electrons. The molecule has 1 aliphatic carbocycles. The number of rotatable bonds is 6. The van der Waals surface area contributed by atoms with E-state index >= 15 is 0 Å². The molecule has 0 saturated heterocycles. The highest BCUT2D eigenvalue weighted by Crippen LogP contribution is 2.40. The number of ether oxygens (including phenoxy) is 1. The molecule has 4 rings (SSSR count). The van der Waals surface area contributed by atoms with Gasteiger partial charge in [-0.15, -0.1) is 0 Å². The second kappa shape index (κ2) is 7.47. The number of carboxylic acid groups (broad SMARTS) is 1. The van der Waals surface area contributed by atoms with Crippen LogP contribution >= 0.6 is 0 Å². The zero-order valence-electron chi connectivity index (χ0n) is 16.1. The van der Waals surface area contributed by atoms with Gasteiger partial charge in [0, 0.05) is 29.4 Å². The average molecular weight is 390 g/mol. The number of hydrogen-bond donors (Lipinski definition) is 2. The molecule has 29 heavy (non-hydrogen) atoms. The highest BCUT2D eigenvalue weighted by atomic mass is 16.5. The number of nitrogens with zero attached hydrogens (tertiary/aromatic N) is 1. The van der Waals surface area contributed by atoms with Crippen LogP contribution in [0.2, 0.25) is 0 Å². The second-order valence-electron chi connectivity index (χ2n) is 7.27. The van der Waals surface area contributed by atoms with E-state index in [9.17, 15) is 9.59 Å². The first-order chi connectivity index (χ1) is 14.0. The van der Waals surface area contributed by atoms with Crippen molar-refractivity contribution in [2.45, 2.75) is 26.2 Å². The monoisotopic (exact) mass is 390 g/mol. The first-order valence-corrected chi connectivity index (χ1v) is 9.51. The van der Waals surface area contributed by atoms with Crippen LogP contribution in [0, 0.1) is 6.92 Å². The maximum absolute atomic E-state index is 12.2. The van der Waals surface area contributed by atoms with E-state index in [-0.39, 0.29) is 0 Å². The van der Waals surface area contributed by atoms with Crippen molar-refractivity contribution >= 4 is 23.0 Å². The molecule has 1 aromatic carbocycles. The molecule has 0 saturated carbocycles.